The van der Waals surface area contributed by atoms with Gasteiger partial charge >= 0.3 is 0 Å². The Balaban J connectivity index is 2.38. The van der Waals surface area contributed by atoms with Crippen LogP contribution in [0.5, 0.6) is 0 Å². The van der Waals surface area contributed by atoms with E-state index in [1.165, 1.54) is 25.7 Å². The third-order valence-electron chi connectivity index (χ3n) is 3.57. The zero-order valence-electron chi connectivity index (χ0n) is 9.77. The first kappa shape index (κ1) is 11.6. The predicted molar refractivity (Wildman–Crippen MR) is 62.0 cm³/mol. The van der Waals surface area contributed by atoms with Crippen LogP contribution in [-0.2, 0) is 0 Å². The van der Waals surface area contributed by atoms with E-state index >= 15 is 0 Å². The standard InChI is InChI=1S/C13H23N/c1-4-5-6-10-13(14-3)12-9-7-8-11(12)2/h11-14H,6-10H2,1-3H3. The molecule has 1 aliphatic rings. The normalized spacial score (nSPS) is 28.2. The highest BCUT2D eigenvalue weighted by Crippen LogP contribution is 2.34. The van der Waals surface area contributed by atoms with Crippen LogP contribution in [0.2, 0.25) is 0 Å². The lowest BCUT2D eigenvalue weighted by Gasteiger charge is -2.26. The van der Waals surface area contributed by atoms with E-state index in [9.17, 15) is 0 Å². The summed E-state index contributed by atoms with van der Waals surface area (Å²) in [6.45, 7) is 4.32. The molecule has 0 spiro atoms. The first-order valence-electron chi connectivity index (χ1n) is 5.86. The minimum atomic E-state index is 0.688. The Hall–Kier alpha value is -0.480. The Kier molecular flexibility index (Phi) is 5.04. The Morgan fingerprint density at radius 3 is 2.71 bits per heavy atom. The van der Waals surface area contributed by atoms with Gasteiger partial charge in [-0.15, -0.1) is 11.8 Å². The van der Waals surface area contributed by atoms with Gasteiger partial charge in [-0.3, -0.25) is 0 Å². The van der Waals surface area contributed by atoms with Gasteiger partial charge in [0.05, 0.1) is 0 Å². The Morgan fingerprint density at radius 1 is 1.43 bits per heavy atom. The molecule has 0 radical (unpaired) electrons. The fraction of sp³-hybridized carbons (Fsp3) is 0.846. The average molecular weight is 193 g/mol. The van der Waals surface area contributed by atoms with Crippen molar-refractivity contribution in [3.05, 3.63) is 0 Å². The summed E-state index contributed by atoms with van der Waals surface area (Å²) < 4.78 is 0. The minimum Gasteiger partial charge on any atom is -0.317 e. The minimum absolute atomic E-state index is 0.688. The van der Waals surface area contributed by atoms with Crippen molar-refractivity contribution in [3.63, 3.8) is 0 Å². The van der Waals surface area contributed by atoms with Gasteiger partial charge in [0.2, 0.25) is 0 Å². The summed E-state index contributed by atoms with van der Waals surface area (Å²) in [5.41, 5.74) is 0. The molecule has 3 unspecified atom stereocenters. The lowest BCUT2D eigenvalue weighted by Crippen LogP contribution is -2.34. The van der Waals surface area contributed by atoms with Crippen molar-refractivity contribution in [2.45, 2.75) is 52.0 Å². The molecule has 1 aliphatic carbocycles. The third-order valence-corrected chi connectivity index (χ3v) is 3.57. The van der Waals surface area contributed by atoms with Gasteiger partial charge in [0, 0.05) is 12.5 Å². The van der Waals surface area contributed by atoms with Crippen LogP contribution in [0.4, 0.5) is 0 Å². The molecule has 0 amide bonds. The zero-order chi connectivity index (χ0) is 10.4. The van der Waals surface area contributed by atoms with Crippen molar-refractivity contribution in [1.82, 2.24) is 5.32 Å². The molecule has 1 nitrogen and oxygen atoms in total. The van der Waals surface area contributed by atoms with Crippen molar-refractivity contribution < 1.29 is 0 Å². The summed E-state index contributed by atoms with van der Waals surface area (Å²) in [6.07, 6.45) is 6.51. The maximum absolute atomic E-state index is 3.47. The largest absolute Gasteiger partial charge is 0.317 e. The molecule has 1 heteroatoms. The van der Waals surface area contributed by atoms with Crippen molar-refractivity contribution in [2.75, 3.05) is 7.05 Å². The van der Waals surface area contributed by atoms with Crippen molar-refractivity contribution >= 4 is 0 Å². The maximum atomic E-state index is 3.47. The van der Waals surface area contributed by atoms with Crippen LogP contribution in [0.3, 0.4) is 0 Å². The highest BCUT2D eigenvalue weighted by molar-refractivity contribution is 4.96. The van der Waals surface area contributed by atoms with Gasteiger partial charge in [-0.2, -0.15) is 0 Å². The lowest BCUT2D eigenvalue weighted by atomic mass is 9.88. The molecule has 1 rings (SSSR count). The van der Waals surface area contributed by atoms with Gasteiger partial charge in [0.1, 0.15) is 0 Å². The Labute approximate surface area is 88.7 Å². The van der Waals surface area contributed by atoms with Gasteiger partial charge in [0.25, 0.3) is 0 Å². The molecule has 14 heavy (non-hydrogen) atoms. The van der Waals surface area contributed by atoms with Gasteiger partial charge in [-0.25, -0.2) is 0 Å². The van der Waals surface area contributed by atoms with E-state index in [0.717, 1.165) is 18.3 Å². The number of hydrogen-bond donors (Lipinski definition) is 1. The monoisotopic (exact) mass is 193 g/mol. The second-order valence-electron chi connectivity index (χ2n) is 4.43. The summed E-state index contributed by atoms with van der Waals surface area (Å²) in [7, 11) is 2.09. The Morgan fingerprint density at radius 2 is 2.21 bits per heavy atom. The smallest absolute Gasteiger partial charge is 0.0104 e. The molecule has 0 saturated heterocycles. The van der Waals surface area contributed by atoms with Gasteiger partial charge < -0.3 is 5.32 Å². The topological polar surface area (TPSA) is 12.0 Å². The van der Waals surface area contributed by atoms with Crippen LogP contribution in [0.15, 0.2) is 0 Å². The van der Waals surface area contributed by atoms with Crippen LogP contribution >= 0.6 is 0 Å². The summed E-state index contributed by atoms with van der Waals surface area (Å²) in [6, 6.07) is 0.688. The second kappa shape index (κ2) is 6.09. The molecule has 1 fully saturated rings. The van der Waals surface area contributed by atoms with E-state index < -0.39 is 0 Å². The third kappa shape index (κ3) is 3.03. The quantitative estimate of drug-likeness (QED) is 0.677. The fourth-order valence-corrected chi connectivity index (χ4v) is 2.70. The summed E-state index contributed by atoms with van der Waals surface area (Å²) >= 11 is 0. The first-order chi connectivity index (χ1) is 6.79. The predicted octanol–water partition coefficient (Wildman–Crippen LogP) is 2.81. The summed E-state index contributed by atoms with van der Waals surface area (Å²) in [4.78, 5) is 0. The molecule has 0 aromatic rings. The molecular formula is C13H23N. The van der Waals surface area contributed by atoms with Crippen molar-refractivity contribution in [1.29, 1.82) is 0 Å². The molecule has 80 valence electrons. The van der Waals surface area contributed by atoms with E-state index in [1.54, 1.807) is 0 Å². The number of nitrogens with one attached hydrogen (secondary N) is 1. The molecule has 1 saturated carbocycles. The summed E-state index contributed by atoms with van der Waals surface area (Å²) in [5.74, 6) is 7.92. The van der Waals surface area contributed by atoms with Crippen LogP contribution in [0, 0.1) is 23.7 Å². The van der Waals surface area contributed by atoms with Crippen LogP contribution in [0.25, 0.3) is 0 Å². The molecule has 3 atom stereocenters. The van der Waals surface area contributed by atoms with E-state index in [0.29, 0.717) is 6.04 Å². The maximum Gasteiger partial charge on any atom is 0.0104 e. The molecule has 0 aromatic heterocycles. The van der Waals surface area contributed by atoms with Gasteiger partial charge in [0.15, 0.2) is 0 Å². The molecule has 0 aromatic carbocycles. The second-order valence-corrected chi connectivity index (χ2v) is 4.43. The van der Waals surface area contributed by atoms with Crippen molar-refractivity contribution in [2.24, 2.45) is 11.8 Å². The summed E-state index contributed by atoms with van der Waals surface area (Å²) in [5, 5.41) is 3.47. The van der Waals surface area contributed by atoms with Crippen LogP contribution < -0.4 is 5.32 Å². The van der Waals surface area contributed by atoms with Crippen LogP contribution in [-0.4, -0.2) is 13.1 Å². The lowest BCUT2D eigenvalue weighted by molar-refractivity contribution is 0.298. The van der Waals surface area contributed by atoms with Crippen molar-refractivity contribution in [3.8, 4) is 11.8 Å². The van der Waals surface area contributed by atoms with Crippen LogP contribution in [0.1, 0.15) is 46.0 Å². The highest BCUT2D eigenvalue weighted by Gasteiger charge is 2.29. The van der Waals surface area contributed by atoms with E-state index in [2.05, 4.69) is 31.1 Å². The number of hydrogen-bond acceptors (Lipinski definition) is 1. The van der Waals surface area contributed by atoms with Gasteiger partial charge in [-0.05, 0) is 38.6 Å². The SMILES string of the molecule is CC#CCCC(NC)C1CCCC1C. The number of rotatable bonds is 4. The molecule has 0 bridgehead atoms. The van der Waals surface area contributed by atoms with E-state index in [-0.39, 0.29) is 0 Å². The van der Waals surface area contributed by atoms with E-state index in [4.69, 9.17) is 0 Å². The molecule has 0 aliphatic heterocycles. The Bertz CT molecular complexity index is 211. The zero-order valence-corrected chi connectivity index (χ0v) is 9.77. The fourth-order valence-electron chi connectivity index (χ4n) is 2.70. The average Bonchev–Trinajstić information content (AvgIpc) is 2.60. The molecule has 0 heterocycles. The molecule has 1 N–H and O–H groups in total. The van der Waals surface area contributed by atoms with Gasteiger partial charge in [-0.1, -0.05) is 19.8 Å². The highest BCUT2D eigenvalue weighted by atomic mass is 14.9. The van der Waals surface area contributed by atoms with E-state index in [1.807, 2.05) is 6.92 Å². The molecular weight excluding hydrogens is 170 g/mol. The first-order valence-corrected chi connectivity index (χ1v) is 5.86.